The summed E-state index contributed by atoms with van der Waals surface area (Å²) in [5.74, 6) is 0. The van der Waals surface area contributed by atoms with Crippen LogP contribution in [0.15, 0.2) is 18.2 Å². The minimum Gasteiger partial charge on any atom is -0.258 e. The number of aryl methyl sites for hydroxylation is 2. The molecular formula is C12H10ClF2N3O2. The van der Waals surface area contributed by atoms with E-state index < -0.39 is 27.9 Å². The van der Waals surface area contributed by atoms with Gasteiger partial charge in [-0.1, -0.05) is 17.7 Å². The number of nitrogens with zero attached hydrogens (tertiary/aromatic N) is 3. The Labute approximate surface area is 117 Å². The van der Waals surface area contributed by atoms with Gasteiger partial charge in [-0.05, 0) is 37.1 Å². The van der Waals surface area contributed by atoms with Crippen molar-refractivity contribution in [1.29, 1.82) is 0 Å². The summed E-state index contributed by atoms with van der Waals surface area (Å²) >= 11 is 5.83. The first-order valence-corrected chi connectivity index (χ1v) is 5.98. The van der Waals surface area contributed by atoms with Crippen molar-refractivity contribution < 1.29 is 13.7 Å². The Morgan fingerprint density at radius 1 is 1.30 bits per heavy atom. The molecule has 0 atom stereocenters. The molecule has 1 aromatic heterocycles. The molecule has 0 aliphatic carbocycles. The van der Waals surface area contributed by atoms with Crippen LogP contribution < -0.4 is 0 Å². The summed E-state index contributed by atoms with van der Waals surface area (Å²) < 4.78 is 26.6. The molecule has 0 N–H and O–H groups in total. The van der Waals surface area contributed by atoms with Crippen LogP contribution >= 0.6 is 11.6 Å². The molecule has 0 radical (unpaired) electrons. The van der Waals surface area contributed by atoms with Crippen LogP contribution in [0.1, 0.15) is 23.2 Å². The number of hydrogen-bond donors (Lipinski definition) is 0. The third-order valence-corrected chi connectivity index (χ3v) is 3.01. The fourth-order valence-electron chi connectivity index (χ4n) is 1.96. The molecular weight excluding hydrogens is 292 g/mol. The Bertz CT molecular complexity index is 665. The smallest absolute Gasteiger partial charge is 0.258 e. The van der Waals surface area contributed by atoms with Gasteiger partial charge in [0.05, 0.1) is 10.6 Å². The van der Waals surface area contributed by atoms with Gasteiger partial charge >= 0.3 is 5.69 Å². The highest BCUT2D eigenvalue weighted by Gasteiger charge is 2.32. The third kappa shape index (κ3) is 2.49. The van der Waals surface area contributed by atoms with Crippen LogP contribution in [0.4, 0.5) is 14.5 Å². The van der Waals surface area contributed by atoms with Gasteiger partial charge < -0.3 is 0 Å². The van der Waals surface area contributed by atoms with Gasteiger partial charge in [0.2, 0.25) is 10.8 Å². The zero-order valence-corrected chi connectivity index (χ0v) is 11.4. The average molecular weight is 302 g/mol. The molecule has 0 aliphatic heterocycles. The molecule has 2 aromatic rings. The van der Waals surface area contributed by atoms with Crippen molar-refractivity contribution in [2.45, 2.75) is 20.3 Å². The molecule has 2 rings (SSSR count). The zero-order chi connectivity index (χ0) is 15.0. The molecule has 8 heteroatoms. The SMILES string of the molecule is Cc1cc(C)cc(-n2nc(C(F)F)c([N+](=O)[O-])c2Cl)c1. The van der Waals surface area contributed by atoms with Gasteiger partial charge in [0, 0.05) is 0 Å². The first kappa shape index (κ1) is 14.4. The molecule has 0 unspecified atom stereocenters. The molecule has 0 bridgehead atoms. The van der Waals surface area contributed by atoms with Crippen molar-refractivity contribution >= 4 is 17.3 Å². The summed E-state index contributed by atoms with van der Waals surface area (Å²) in [6.07, 6.45) is -3.07. The second-order valence-corrected chi connectivity index (χ2v) is 4.70. The lowest BCUT2D eigenvalue weighted by atomic mass is 10.1. The van der Waals surface area contributed by atoms with E-state index in [0.29, 0.717) is 5.69 Å². The summed E-state index contributed by atoms with van der Waals surface area (Å²) in [4.78, 5) is 9.91. The Hall–Kier alpha value is -2.02. The number of halogens is 3. The largest absolute Gasteiger partial charge is 0.335 e. The van der Waals surface area contributed by atoms with Crippen molar-refractivity contribution in [3.05, 3.63) is 50.3 Å². The van der Waals surface area contributed by atoms with Gasteiger partial charge in [-0.3, -0.25) is 10.1 Å². The summed E-state index contributed by atoms with van der Waals surface area (Å²) in [5, 5.41) is 14.0. The molecule has 0 saturated heterocycles. The number of nitro groups is 1. The average Bonchev–Trinajstić information content (AvgIpc) is 2.65. The highest BCUT2D eigenvalue weighted by molar-refractivity contribution is 6.32. The number of hydrogen-bond acceptors (Lipinski definition) is 3. The molecule has 0 aliphatic rings. The third-order valence-electron chi connectivity index (χ3n) is 2.67. The van der Waals surface area contributed by atoms with Crippen LogP contribution in [0.3, 0.4) is 0 Å². The van der Waals surface area contributed by atoms with Crippen LogP contribution in [0.25, 0.3) is 5.69 Å². The van der Waals surface area contributed by atoms with Crippen molar-refractivity contribution in [3.63, 3.8) is 0 Å². The van der Waals surface area contributed by atoms with Crippen molar-refractivity contribution in [2.75, 3.05) is 0 Å². The number of alkyl halides is 2. The normalized spacial score (nSPS) is 11.1. The van der Waals surface area contributed by atoms with Crippen molar-refractivity contribution in [3.8, 4) is 5.69 Å². The predicted octanol–water partition coefficient (Wildman–Crippen LogP) is 3.99. The summed E-state index contributed by atoms with van der Waals surface area (Å²) in [6.45, 7) is 3.63. The summed E-state index contributed by atoms with van der Waals surface area (Å²) in [5.41, 5.74) is 0.350. The van der Waals surface area contributed by atoms with E-state index in [9.17, 15) is 18.9 Å². The minimum atomic E-state index is -3.07. The second kappa shape index (κ2) is 5.16. The van der Waals surface area contributed by atoms with E-state index in [1.54, 1.807) is 12.1 Å². The van der Waals surface area contributed by atoms with E-state index in [-0.39, 0.29) is 0 Å². The van der Waals surface area contributed by atoms with Crippen LogP contribution in [-0.2, 0) is 0 Å². The second-order valence-electron chi connectivity index (χ2n) is 4.34. The van der Waals surface area contributed by atoms with E-state index in [4.69, 9.17) is 11.6 Å². The van der Waals surface area contributed by atoms with Crippen LogP contribution in [0, 0.1) is 24.0 Å². The van der Waals surface area contributed by atoms with Crippen molar-refractivity contribution in [2.24, 2.45) is 0 Å². The van der Waals surface area contributed by atoms with Gasteiger partial charge in [-0.25, -0.2) is 13.5 Å². The van der Waals surface area contributed by atoms with Gasteiger partial charge in [0.15, 0.2) is 0 Å². The number of aromatic nitrogens is 2. The Balaban J connectivity index is 2.69. The van der Waals surface area contributed by atoms with E-state index in [1.807, 2.05) is 19.9 Å². The lowest BCUT2D eigenvalue weighted by molar-refractivity contribution is -0.386. The van der Waals surface area contributed by atoms with Crippen molar-refractivity contribution in [1.82, 2.24) is 9.78 Å². The molecule has 5 nitrogen and oxygen atoms in total. The molecule has 0 saturated carbocycles. The molecule has 0 amide bonds. The molecule has 0 spiro atoms. The first-order valence-electron chi connectivity index (χ1n) is 5.61. The number of rotatable bonds is 3. The Kier molecular flexibility index (Phi) is 3.71. The predicted molar refractivity (Wildman–Crippen MR) is 69.7 cm³/mol. The topological polar surface area (TPSA) is 61.0 Å². The lowest BCUT2D eigenvalue weighted by Crippen LogP contribution is -1.99. The Morgan fingerprint density at radius 3 is 2.25 bits per heavy atom. The Morgan fingerprint density at radius 2 is 1.85 bits per heavy atom. The fraction of sp³-hybridized carbons (Fsp3) is 0.250. The lowest BCUT2D eigenvalue weighted by Gasteiger charge is -2.05. The van der Waals surface area contributed by atoms with Gasteiger partial charge in [0.25, 0.3) is 6.43 Å². The fourth-order valence-corrected chi connectivity index (χ4v) is 2.27. The van der Waals surface area contributed by atoms with E-state index in [2.05, 4.69) is 5.10 Å². The number of benzene rings is 1. The van der Waals surface area contributed by atoms with E-state index in [0.717, 1.165) is 15.8 Å². The maximum atomic E-state index is 12.8. The van der Waals surface area contributed by atoms with E-state index >= 15 is 0 Å². The van der Waals surface area contributed by atoms with Gasteiger partial charge in [-0.15, -0.1) is 0 Å². The minimum absolute atomic E-state index is 0.405. The van der Waals surface area contributed by atoms with Crippen LogP contribution in [-0.4, -0.2) is 14.7 Å². The zero-order valence-electron chi connectivity index (χ0n) is 10.6. The maximum absolute atomic E-state index is 12.8. The monoisotopic (exact) mass is 301 g/mol. The standard InChI is InChI=1S/C12H10ClF2N3O2/c1-6-3-7(2)5-8(4-6)17-11(13)10(18(19)20)9(16-17)12(14)15/h3-5,12H,1-2H3. The highest BCUT2D eigenvalue weighted by Crippen LogP contribution is 2.36. The highest BCUT2D eigenvalue weighted by atomic mass is 35.5. The maximum Gasteiger partial charge on any atom is 0.335 e. The molecule has 20 heavy (non-hydrogen) atoms. The molecule has 106 valence electrons. The van der Waals surface area contributed by atoms with Crippen LogP contribution in [0.5, 0.6) is 0 Å². The van der Waals surface area contributed by atoms with E-state index in [1.165, 1.54) is 0 Å². The molecule has 1 heterocycles. The van der Waals surface area contributed by atoms with Gasteiger partial charge in [0.1, 0.15) is 0 Å². The summed E-state index contributed by atoms with van der Waals surface area (Å²) in [6, 6.07) is 5.19. The quantitative estimate of drug-likeness (QED) is 0.636. The summed E-state index contributed by atoms with van der Waals surface area (Å²) in [7, 11) is 0. The molecule has 1 aromatic carbocycles. The first-order chi connectivity index (χ1) is 9.31. The molecule has 0 fully saturated rings. The van der Waals surface area contributed by atoms with Gasteiger partial charge in [-0.2, -0.15) is 5.10 Å². The van der Waals surface area contributed by atoms with Crippen LogP contribution in [0.2, 0.25) is 5.15 Å².